The van der Waals surface area contributed by atoms with Gasteiger partial charge in [0.2, 0.25) is 0 Å². The van der Waals surface area contributed by atoms with E-state index in [4.69, 9.17) is 9.47 Å². The maximum absolute atomic E-state index is 5.67. The third-order valence-corrected chi connectivity index (χ3v) is 7.44. The summed E-state index contributed by atoms with van der Waals surface area (Å²) in [6.45, 7) is 14.2. The summed E-state index contributed by atoms with van der Waals surface area (Å²) in [6.07, 6.45) is 9.61. The van der Waals surface area contributed by atoms with Gasteiger partial charge in [0.05, 0.1) is 24.4 Å². The third kappa shape index (κ3) is 3.11. The lowest BCUT2D eigenvalue weighted by molar-refractivity contribution is 0.158. The molecule has 2 heterocycles. The second-order valence-electron chi connectivity index (χ2n) is 11.0. The minimum atomic E-state index is 0.497. The van der Waals surface area contributed by atoms with Crippen molar-refractivity contribution in [2.45, 2.75) is 98.1 Å². The van der Waals surface area contributed by atoms with Crippen LogP contribution in [0.1, 0.15) is 73.6 Å². The predicted molar refractivity (Wildman–Crippen MR) is 93.3 cm³/mol. The Hall–Kier alpha value is -0.0800. The Balaban J connectivity index is 0.000000118. The molecule has 8 atom stereocenters. The quantitative estimate of drug-likeness (QED) is 0.583. The SMILES string of the molecule is CC(C)(C)C1CC2CC1C1OC21.CC(C)(C)C1CCC2OC2C1. The number of epoxide rings is 2. The predicted octanol–water partition coefficient (Wildman–Crippen LogP) is 5.06. The van der Waals surface area contributed by atoms with Crippen LogP contribution in [0.4, 0.5) is 0 Å². The summed E-state index contributed by atoms with van der Waals surface area (Å²) in [5.74, 6) is 3.68. The van der Waals surface area contributed by atoms with Crippen molar-refractivity contribution in [1.82, 2.24) is 0 Å². The molecule has 8 unspecified atom stereocenters. The van der Waals surface area contributed by atoms with Crippen LogP contribution in [0, 0.1) is 34.5 Å². The van der Waals surface area contributed by atoms with Crippen LogP contribution >= 0.6 is 0 Å². The Morgan fingerprint density at radius 1 is 0.696 bits per heavy atom. The van der Waals surface area contributed by atoms with E-state index >= 15 is 0 Å². The van der Waals surface area contributed by atoms with E-state index in [9.17, 15) is 0 Å². The molecule has 2 saturated heterocycles. The van der Waals surface area contributed by atoms with Crippen LogP contribution in [-0.2, 0) is 9.47 Å². The molecule has 2 aliphatic heterocycles. The Kier molecular flexibility index (Phi) is 3.71. The summed E-state index contributed by atoms with van der Waals surface area (Å²) < 4.78 is 11.2. The van der Waals surface area contributed by atoms with E-state index in [1.54, 1.807) is 0 Å². The molecule has 0 aromatic carbocycles. The van der Waals surface area contributed by atoms with Crippen LogP contribution in [0.15, 0.2) is 0 Å². The van der Waals surface area contributed by atoms with E-state index in [0.29, 0.717) is 35.2 Å². The standard InChI is InChI=1S/C11H18O.C10H18O/c1-11(2,3)8-5-6-4-7(8)10-9(6)12-10;1-10(2,3)7-4-5-8-9(6-7)11-8/h6-10H,4-5H2,1-3H3;7-9H,4-6H2,1-3H3. The van der Waals surface area contributed by atoms with Gasteiger partial charge in [0.1, 0.15) is 0 Å². The molecule has 0 aromatic heterocycles. The van der Waals surface area contributed by atoms with E-state index in [2.05, 4.69) is 41.5 Å². The highest BCUT2D eigenvalue weighted by molar-refractivity contribution is 5.12. The normalized spacial score (nSPS) is 49.8. The average molecular weight is 321 g/mol. The first-order chi connectivity index (χ1) is 10.6. The summed E-state index contributed by atoms with van der Waals surface area (Å²) in [4.78, 5) is 0. The van der Waals surface area contributed by atoms with Crippen molar-refractivity contribution in [3.05, 3.63) is 0 Å². The summed E-state index contributed by atoms with van der Waals surface area (Å²) in [5, 5.41) is 0. The molecule has 0 N–H and O–H groups in total. The Labute approximate surface area is 142 Å². The number of hydrogen-bond acceptors (Lipinski definition) is 2. The fraction of sp³-hybridized carbons (Fsp3) is 1.00. The van der Waals surface area contributed by atoms with Crippen LogP contribution in [0.25, 0.3) is 0 Å². The van der Waals surface area contributed by atoms with Crippen molar-refractivity contribution in [2.75, 3.05) is 0 Å². The van der Waals surface area contributed by atoms with Crippen molar-refractivity contribution in [2.24, 2.45) is 34.5 Å². The molecule has 5 fully saturated rings. The van der Waals surface area contributed by atoms with Gasteiger partial charge in [-0.05, 0) is 66.6 Å². The molecule has 5 aliphatic rings. The third-order valence-electron chi connectivity index (χ3n) is 7.44. The molecule has 5 rings (SSSR count). The van der Waals surface area contributed by atoms with Crippen molar-refractivity contribution in [3.63, 3.8) is 0 Å². The minimum absolute atomic E-state index is 0.497. The summed E-state index contributed by atoms with van der Waals surface area (Å²) in [7, 11) is 0. The fourth-order valence-electron chi connectivity index (χ4n) is 5.79. The van der Waals surface area contributed by atoms with Crippen molar-refractivity contribution in [3.8, 4) is 0 Å². The van der Waals surface area contributed by atoms with Gasteiger partial charge in [-0.2, -0.15) is 0 Å². The lowest BCUT2D eigenvalue weighted by Gasteiger charge is -2.32. The Bertz CT molecular complexity index is 457. The van der Waals surface area contributed by atoms with Crippen molar-refractivity contribution in [1.29, 1.82) is 0 Å². The number of rotatable bonds is 0. The van der Waals surface area contributed by atoms with Crippen LogP contribution in [0.2, 0.25) is 0 Å². The first-order valence-electron chi connectivity index (χ1n) is 9.95. The zero-order chi connectivity index (χ0) is 16.6. The van der Waals surface area contributed by atoms with E-state index in [-0.39, 0.29) is 0 Å². The molecule has 3 aliphatic carbocycles. The molecule has 23 heavy (non-hydrogen) atoms. The molecule has 132 valence electrons. The largest absolute Gasteiger partial charge is 0.370 e. The van der Waals surface area contributed by atoms with E-state index in [1.807, 2.05) is 0 Å². The molecule has 0 radical (unpaired) electrons. The highest BCUT2D eigenvalue weighted by Gasteiger charge is 2.64. The zero-order valence-corrected chi connectivity index (χ0v) is 16.0. The molecule has 0 aromatic rings. The van der Waals surface area contributed by atoms with E-state index in [0.717, 1.165) is 23.7 Å². The molecular weight excluding hydrogens is 284 g/mol. The highest BCUT2D eigenvalue weighted by atomic mass is 16.6. The maximum Gasteiger partial charge on any atom is 0.0875 e. The van der Waals surface area contributed by atoms with E-state index < -0.39 is 0 Å². The molecule has 2 heteroatoms. The summed E-state index contributed by atoms with van der Waals surface area (Å²) in [5.41, 5.74) is 1.01. The maximum atomic E-state index is 5.67. The van der Waals surface area contributed by atoms with Crippen LogP contribution in [0.3, 0.4) is 0 Å². The van der Waals surface area contributed by atoms with Gasteiger partial charge in [-0.15, -0.1) is 0 Å². The Morgan fingerprint density at radius 2 is 1.43 bits per heavy atom. The minimum Gasteiger partial charge on any atom is -0.370 e. The molecule has 2 bridgehead atoms. The molecule has 2 nitrogen and oxygen atoms in total. The molecule has 0 spiro atoms. The molecule has 0 amide bonds. The number of fused-ring (bicyclic) bond motifs is 6. The summed E-state index contributed by atoms with van der Waals surface area (Å²) >= 11 is 0. The van der Waals surface area contributed by atoms with Gasteiger partial charge in [0.15, 0.2) is 0 Å². The van der Waals surface area contributed by atoms with Gasteiger partial charge >= 0.3 is 0 Å². The van der Waals surface area contributed by atoms with Gasteiger partial charge in [0.25, 0.3) is 0 Å². The van der Waals surface area contributed by atoms with Crippen LogP contribution in [-0.4, -0.2) is 24.4 Å². The lowest BCUT2D eigenvalue weighted by Crippen LogP contribution is -2.29. The fourth-order valence-corrected chi connectivity index (χ4v) is 5.79. The molecule has 3 saturated carbocycles. The van der Waals surface area contributed by atoms with Crippen molar-refractivity contribution < 1.29 is 9.47 Å². The Morgan fingerprint density at radius 3 is 1.96 bits per heavy atom. The smallest absolute Gasteiger partial charge is 0.0875 e. The monoisotopic (exact) mass is 320 g/mol. The van der Waals surface area contributed by atoms with Gasteiger partial charge in [0, 0.05) is 0 Å². The van der Waals surface area contributed by atoms with Crippen LogP contribution < -0.4 is 0 Å². The molecular formula is C21H36O2. The number of hydrogen-bond donors (Lipinski definition) is 0. The second-order valence-corrected chi connectivity index (χ2v) is 11.0. The first kappa shape index (κ1) is 16.4. The van der Waals surface area contributed by atoms with Gasteiger partial charge in [-0.25, -0.2) is 0 Å². The van der Waals surface area contributed by atoms with Gasteiger partial charge < -0.3 is 9.47 Å². The number of ether oxygens (including phenoxy) is 2. The average Bonchev–Trinajstić information content (AvgIpc) is 3.33. The first-order valence-corrected chi connectivity index (χ1v) is 9.95. The lowest BCUT2D eigenvalue weighted by atomic mass is 9.72. The van der Waals surface area contributed by atoms with Gasteiger partial charge in [-0.1, -0.05) is 41.5 Å². The summed E-state index contributed by atoms with van der Waals surface area (Å²) in [6, 6.07) is 0. The van der Waals surface area contributed by atoms with Gasteiger partial charge in [-0.3, -0.25) is 0 Å². The van der Waals surface area contributed by atoms with E-state index in [1.165, 1.54) is 32.1 Å². The highest BCUT2D eigenvalue weighted by Crippen LogP contribution is 2.62. The topological polar surface area (TPSA) is 25.1 Å². The van der Waals surface area contributed by atoms with Crippen molar-refractivity contribution >= 4 is 0 Å². The van der Waals surface area contributed by atoms with Crippen LogP contribution in [0.5, 0.6) is 0 Å². The second kappa shape index (κ2) is 5.21. The zero-order valence-electron chi connectivity index (χ0n) is 16.0.